The number of carbonyl (C=O) groups excluding carboxylic acids is 1. The van der Waals surface area contributed by atoms with Crippen LogP contribution in [0.25, 0.3) is 0 Å². The zero-order valence-corrected chi connectivity index (χ0v) is 19.9. The van der Waals surface area contributed by atoms with Crippen molar-refractivity contribution in [3.05, 3.63) is 0 Å². The Kier molecular flexibility index (Phi) is 9.10. The minimum Gasteiger partial charge on any atom is -0.388 e. The van der Waals surface area contributed by atoms with E-state index in [9.17, 15) is 15.0 Å². The molecule has 0 bridgehead atoms. The molecule has 2 aliphatic rings. The maximum atomic E-state index is 13.1. The molecule has 7 nitrogen and oxygen atoms in total. The zero-order chi connectivity index (χ0) is 21.9. The molecule has 0 aromatic carbocycles. The fraction of sp³-hybridized carbons (Fsp3) is 0.950. The van der Waals surface area contributed by atoms with Crippen molar-refractivity contribution in [2.75, 3.05) is 27.0 Å². The van der Waals surface area contributed by atoms with Crippen molar-refractivity contribution in [2.45, 2.75) is 86.8 Å². The number of carbonyl (C=O) groups is 1. The third kappa shape index (κ3) is 5.40. The topological polar surface area (TPSA) is 91.3 Å². The molecule has 9 heteroatoms. The number of aliphatic hydroxyl groups excluding tert-OH is 2. The van der Waals surface area contributed by atoms with E-state index in [0.717, 1.165) is 25.8 Å². The van der Waals surface area contributed by atoms with E-state index in [1.807, 2.05) is 20.2 Å². The van der Waals surface area contributed by atoms with Gasteiger partial charge in [0.2, 0.25) is 5.91 Å². The molecule has 2 saturated heterocycles. The van der Waals surface area contributed by atoms with Crippen LogP contribution in [0.4, 0.5) is 0 Å². The van der Waals surface area contributed by atoms with Gasteiger partial charge in [0.15, 0.2) is 0 Å². The van der Waals surface area contributed by atoms with E-state index in [1.165, 1.54) is 18.9 Å². The van der Waals surface area contributed by atoms with E-state index in [-0.39, 0.29) is 11.9 Å². The fourth-order valence-electron chi connectivity index (χ4n) is 4.64. The van der Waals surface area contributed by atoms with E-state index >= 15 is 0 Å². The van der Waals surface area contributed by atoms with Gasteiger partial charge in [-0.25, -0.2) is 0 Å². The van der Waals surface area contributed by atoms with Gasteiger partial charge in [0.05, 0.1) is 17.5 Å². The van der Waals surface area contributed by atoms with Crippen LogP contribution in [0.1, 0.15) is 40.0 Å². The Morgan fingerprint density at radius 2 is 2.10 bits per heavy atom. The first-order valence-corrected chi connectivity index (χ1v) is 12.0. The number of ether oxygens (including phenoxy) is 2. The molecule has 170 valence electrons. The molecule has 2 aliphatic heterocycles. The van der Waals surface area contributed by atoms with E-state index < -0.39 is 40.8 Å². The van der Waals surface area contributed by atoms with Crippen molar-refractivity contribution >= 4 is 29.3 Å². The monoisotopic (exact) mass is 452 g/mol. The standard InChI is InChI=1S/C20H37ClN2O5S/c1-7-8-12-9-13(23(4)10-12)19(26)22-14(11(2)21)17-15(24)16(25)18(27-5)20(3,28-17)29-6/h11-18,24-25H,7-10H2,1-6H3,(H,22,26)/t11?,12?,13?,14-,15-,16+,17-,18-,20-/m1/s1. The quantitative estimate of drug-likeness (QED) is 0.480. The van der Waals surface area contributed by atoms with E-state index in [1.54, 1.807) is 6.92 Å². The predicted molar refractivity (Wildman–Crippen MR) is 116 cm³/mol. The number of amides is 1. The molecule has 2 heterocycles. The van der Waals surface area contributed by atoms with Crippen molar-refractivity contribution in [1.29, 1.82) is 0 Å². The Balaban J connectivity index is 2.17. The first-order chi connectivity index (χ1) is 13.6. The third-order valence-electron chi connectivity index (χ3n) is 6.33. The molecular formula is C20H37ClN2O5S. The van der Waals surface area contributed by atoms with Crippen LogP contribution in [0.5, 0.6) is 0 Å². The number of likely N-dealkylation sites (tertiary alicyclic amines) is 1. The lowest BCUT2D eigenvalue weighted by molar-refractivity contribution is -0.242. The molecule has 0 spiro atoms. The Hall–Kier alpha value is -0.0900. The minimum absolute atomic E-state index is 0.117. The predicted octanol–water partition coefficient (Wildman–Crippen LogP) is 1.43. The van der Waals surface area contributed by atoms with Crippen LogP contribution < -0.4 is 5.32 Å². The van der Waals surface area contributed by atoms with Gasteiger partial charge in [-0.2, -0.15) is 0 Å². The highest BCUT2D eigenvalue weighted by molar-refractivity contribution is 7.99. The summed E-state index contributed by atoms with van der Waals surface area (Å²) in [4.78, 5) is 14.3. The summed E-state index contributed by atoms with van der Waals surface area (Å²) < 4.78 is 11.6. The van der Waals surface area contributed by atoms with Crippen molar-refractivity contribution < 1.29 is 24.5 Å². The Morgan fingerprint density at radius 1 is 1.45 bits per heavy atom. The lowest BCUT2D eigenvalue weighted by Gasteiger charge is -2.50. The van der Waals surface area contributed by atoms with Gasteiger partial charge in [-0.1, -0.05) is 13.3 Å². The van der Waals surface area contributed by atoms with Gasteiger partial charge in [0, 0.05) is 13.7 Å². The summed E-state index contributed by atoms with van der Waals surface area (Å²) in [7, 11) is 3.44. The maximum absolute atomic E-state index is 13.1. The molecule has 0 aliphatic carbocycles. The minimum atomic E-state index is -1.24. The van der Waals surface area contributed by atoms with Crippen molar-refractivity contribution in [1.82, 2.24) is 10.2 Å². The number of thioether (sulfide) groups is 1. The number of nitrogens with zero attached hydrogens (tertiary/aromatic N) is 1. The molecule has 29 heavy (non-hydrogen) atoms. The van der Waals surface area contributed by atoms with Crippen LogP contribution in [0.3, 0.4) is 0 Å². The molecule has 0 radical (unpaired) electrons. The second kappa shape index (κ2) is 10.5. The Bertz CT molecular complexity index is 557. The molecule has 2 rings (SSSR count). The lowest BCUT2D eigenvalue weighted by atomic mass is 9.89. The molecule has 3 N–H and O–H groups in total. The molecule has 3 unspecified atom stereocenters. The summed E-state index contributed by atoms with van der Waals surface area (Å²) in [6.45, 7) is 6.62. The third-order valence-corrected chi connectivity index (χ3v) is 7.75. The molecule has 0 aromatic heterocycles. The average Bonchev–Trinajstić information content (AvgIpc) is 3.03. The van der Waals surface area contributed by atoms with Crippen LogP contribution in [-0.2, 0) is 14.3 Å². The van der Waals surface area contributed by atoms with Crippen LogP contribution >= 0.6 is 23.4 Å². The van der Waals surface area contributed by atoms with Gasteiger partial charge in [0.25, 0.3) is 0 Å². The van der Waals surface area contributed by atoms with E-state index in [0.29, 0.717) is 5.92 Å². The Labute approximate surface area is 183 Å². The molecule has 2 fully saturated rings. The highest BCUT2D eigenvalue weighted by atomic mass is 35.5. The van der Waals surface area contributed by atoms with Crippen LogP contribution in [0.15, 0.2) is 0 Å². The van der Waals surface area contributed by atoms with Crippen LogP contribution in [0.2, 0.25) is 0 Å². The van der Waals surface area contributed by atoms with Gasteiger partial charge >= 0.3 is 0 Å². The van der Waals surface area contributed by atoms with Crippen molar-refractivity contribution in [2.24, 2.45) is 5.92 Å². The first kappa shape index (κ1) is 25.2. The summed E-state index contributed by atoms with van der Waals surface area (Å²) in [5.41, 5.74) is 0. The number of alkyl halides is 1. The largest absolute Gasteiger partial charge is 0.388 e. The average molecular weight is 453 g/mol. The number of rotatable bonds is 8. The number of halogens is 1. The van der Waals surface area contributed by atoms with Gasteiger partial charge in [-0.3, -0.25) is 9.69 Å². The zero-order valence-electron chi connectivity index (χ0n) is 18.3. The summed E-state index contributed by atoms with van der Waals surface area (Å²) in [6, 6.07) is -0.884. The lowest BCUT2D eigenvalue weighted by Crippen LogP contribution is -2.68. The summed E-state index contributed by atoms with van der Waals surface area (Å²) in [5, 5.41) is 23.9. The van der Waals surface area contributed by atoms with Gasteiger partial charge in [-0.05, 0) is 45.9 Å². The second-order valence-corrected chi connectivity index (χ2v) is 10.4. The molecule has 0 aromatic rings. The molecule has 9 atom stereocenters. The number of likely N-dealkylation sites (N-methyl/N-ethyl adjacent to an activating group) is 1. The molecule has 0 saturated carbocycles. The van der Waals surface area contributed by atoms with E-state index in [2.05, 4.69) is 17.1 Å². The van der Waals surface area contributed by atoms with Crippen LogP contribution in [0, 0.1) is 5.92 Å². The SMILES string of the molecule is CCCC1CC(C(=O)N[C@H](C(C)Cl)[C@H]2O[C@](C)(SC)[C@H](OC)[C@@H](O)[C@H]2O)N(C)C1. The molecular weight excluding hydrogens is 416 g/mol. The fourth-order valence-corrected chi connectivity index (χ4v) is 5.52. The smallest absolute Gasteiger partial charge is 0.237 e. The Morgan fingerprint density at radius 3 is 2.62 bits per heavy atom. The summed E-state index contributed by atoms with van der Waals surface area (Å²) >= 11 is 7.81. The number of nitrogens with one attached hydrogen (secondary N) is 1. The first-order valence-electron chi connectivity index (χ1n) is 10.4. The number of aliphatic hydroxyl groups is 2. The summed E-state index contributed by atoms with van der Waals surface area (Å²) in [5.74, 6) is 0.391. The normalized spacial score (nSPS) is 40.6. The van der Waals surface area contributed by atoms with Gasteiger partial charge in [0.1, 0.15) is 29.3 Å². The van der Waals surface area contributed by atoms with Crippen LogP contribution in [-0.4, -0.2) is 94.8 Å². The van der Waals surface area contributed by atoms with Gasteiger partial charge in [-0.15, -0.1) is 23.4 Å². The summed E-state index contributed by atoms with van der Waals surface area (Å²) in [6.07, 6.45) is 0.906. The molecule has 1 amide bonds. The maximum Gasteiger partial charge on any atom is 0.237 e. The second-order valence-electron chi connectivity index (χ2n) is 8.50. The number of hydrogen-bond donors (Lipinski definition) is 3. The van der Waals surface area contributed by atoms with Gasteiger partial charge < -0.3 is 25.0 Å². The number of methoxy groups -OCH3 is 1. The highest BCUT2D eigenvalue weighted by Crippen LogP contribution is 2.40. The van der Waals surface area contributed by atoms with Crippen molar-refractivity contribution in [3.63, 3.8) is 0 Å². The van der Waals surface area contributed by atoms with Crippen molar-refractivity contribution in [3.8, 4) is 0 Å². The van der Waals surface area contributed by atoms with E-state index in [4.69, 9.17) is 21.1 Å². The highest BCUT2D eigenvalue weighted by Gasteiger charge is 2.54. The number of hydrogen-bond acceptors (Lipinski definition) is 7.